The molecule has 0 radical (unpaired) electrons. The number of Topliss-reactive ketones (excluding diaryl/α,β-unsaturated/α-hetero) is 1. The molecule has 0 spiro atoms. The number of rotatable bonds is 5. The van der Waals surface area contributed by atoms with Gasteiger partial charge in [-0.2, -0.15) is 0 Å². The predicted molar refractivity (Wildman–Crippen MR) is 72.5 cm³/mol. The van der Waals surface area contributed by atoms with Crippen molar-refractivity contribution >= 4 is 11.8 Å². The van der Waals surface area contributed by atoms with Crippen molar-refractivity contribution in [2.75, 3.05) is 6.61 Å². The number of aromatic nitrogens is 2. The summed E-state index contributed by atoms with van der Waals surface area (Å²) in [6.45, 7) is 1.80. The van der Waals surface area contributed by atoms with Crippen LogP contribution in [0.2, 0.25) is 0 Å². The van der Waals surface area contributed by atoms with Gasteiger partial charge in [-0.1, -0.05) is 24.3 Å². The Hall–Kier alpha value is -2.56. The largest absolute Gasteiger partial charge is 0.462 e. The van der Waals surface area contributed by atoms with Gasteiger partial charge >= 0.3 is 5.97 Å². The molecular formula is C15H14N2O3. The number of ether oxygens (including phenoxy) is 1. The molecule has 0 unspecified atom stereocenters. The molecule has 0 atom stereocenters. The normalized spacial score (nSPS) is 10.1. The molecule has 0 saturated carbocycles. The van der Waals surface area contributed by atoms with E-state index in [1.54, 1.807) is 12.1 Å². The molecule has 1 heterocycles. The van der Waals surface area contributed by atoms with E-state index in [0.29, 0.717) is 17.5 Å². The summed E-state index contributed by atoms with van der Waals surface area (Å²) in [5, 5.41) is 0. The van der Waals surface area contributed by atoms with Crippen LogP contribution in [-0.4, -0.2) is 28.3 Å². The van der Waals surface area contributed by atoms with Gasteiger partial charge in [-0.05, 0) is 12.5 Å². The van der Waals surface area contributed by atoms with Crippen LogP contribution in [0.3, 0.4) is 0 Å². The maximum Gasteiger partial charge on any atom is 0.341 e. The summed E-state index contributed by atoms with van der Waals surface area (Å²) in [5.74, 6) is -0.405. The van der Waals surface area contributed by atoms with Crippen LogP contribution in [0.5, 0.6) is 0 Å². The van der Waals surface area contributed by atoms with Crippen molar-refractivity contribution in [3.05, 3.63) is 59.7 Å². The molecule has 2 aromatic rings. The van der Waals surface area contributed by atoms with Crippen LogP contribution in [0, 0.1) is 0 Å². The zero-order valence-corrected chi connectivity index (χ0v) is 11.1. The lowest BCUT2D eigenvalue weighted by atomic mass is 10.1. The Morgan fingerprint density at radius 1 is 1.05 bits per heavy atom. The lowest BCUT2D eigenvalue weighted by molar-refractivity contribution is 0.0508. The number of hydrogen-bond donors (Lipinski definition) is 0. The number of carbonyl (C=O) groups is 2. The van der Waals surface area contributed by atoms with Crippen molar-refractivity contribution in [1.82, 2.24) is 9.97 Å². The number of hydrogen-bond acceptors (Lipinski definition) is 5. The Morgan fingerprint density at radius 3 is 2.30 bits per heavy atom. The van der Waals surface area contributed by atoms with Crippen LogP contribution in [0.4, 0.5) is 0 Å². The molecular weight excluding hydrogens is 256 g/mol. The number of nitrogens with zero attached hydrogens (tertiary/aromatic N) is 2. The van der Waals surface area contributed by atoms with Gasteiger partial charge in [0.05, 0.1) is 12.2 Å². The standard InChI is InChI=1S/C15H14N2O3/c1-11(18)13-4-2-12(3-5-13)6-7-20-15(19)14-8-16-10-17-9-14/h2-5,8-10H,6-7H2,1H3. The summed E-state index contributed by atoms with van der Waals surface area (Å²) in [7, 11) is 0. The van der Waals surface area contributed by atoms with E-state index in [4.69, 9.17) is 4.74 Å². The summed E-state index contributed by atoms with van der Waals surface area (Å²) >= 11 is 0. The van der Waals surface area contributed by atoms with E-state index in [9.17, 15) is 9.59 Å². The van der Waals surface area contributed by atoms with Gasteiger partial charge in [0.25, 0.3) is 0 Å². The van der Waals surface area contributed by atoms with Crippen molar-refractivity contribution < 1.29 is 14.3 Å². The third kappa shape index (κ3) is 3.71. The fourth-order valence-electron chi connectivity index (χ4n) is 1.66. The maximum atomic E-state index is 11.6. The average Bonchev–Trinajstić information content (AvgIpc) is 2.48. The van der Waals surface area contributed by atoms with Crippen LogP contribution in [0.1, 0.15) is 33.2 Å². The summed E-state index contributed by atoms with van der Waals surface area (Å²) in [6, 6.07) is 7.25. The zero-order valence-electron chi connectivity index (χ0n) is 11.1. The van der Waals surface area contributed by atoms with E-state index in [1.165, 1.54) is 25.6 Å². The molecule has 0 aliphatic rings. The van der Waals surface area contributed by atoms with Crippen molar-refractivity contribution in [1.29, 1.82) is 0 Å². The van der Waals surface area contributed by atoms with Gasteiger partial charge in [0.15, 0.2) is 5.78 Å². The molecule has 0 bridgehead atoms. The van der Waals surface area contributed by atoms with Gasteiger partial charge in [-0.25, -0.2) is 14.8 Å². The number of esters is 1. The second kappa shape index (κ2) is 6.56. The minimum absolute atomic E-state index is 0.0343. The quantitative estimate of drug-likeness (QED) is 0.614. The van der Waals surface area contributed by atoms with Gasteiger partial charge < -0.3 is 4.74 Å². The predicted octanol–water partition coefficient (Wildman–Crippen LogP) is 2.08. The van der Waals surface area contributed by atoms with Gasteiger partial charge in [0, 0.05) is 24.4 Å². The van der Waals surface area contributed by atoms with Gasteiger partial charge in [0.2, 0.25) is 0 Å². The Kier molecular flexibility index (Phi) is 4.55. The molecule has 102 valence electrons. The van der Waals surface area contributed by atoms with Gasteiger partial charge in [-0.3, -0.25) is 4.79 Å². The fourth-order valence-corrected chi connectivity index (χ4v) is 1.66. The zero-order chi connectivity index (χ0) is 14.4. The third-order valence-electron chi connectivity index (χ3n) is 2.78. The molecule has 1 aromatic heterocycles. The Bertz CT molecular complexity index is 594. The summed E-state index contributed by atoms with van der Waals surface area (Å²) in [5.41, 5.74) is 2.01. The first kappa shape index (κ1) is 13.9. The molecule has 0 aliphatic heterocycles. The topological polar surface area (TPSA) is 69.2 Å². The monoisotopic (exact) mass is 270 g/mol. The van der Waals surface area contributed by atoms with Gasteiger partial charge in [0.1, 0.15) is 6.33 Å². The van der Waals surface area contributed by atoms with E-state index in [-0.39, 0.29) is 12.4 Å². The number of ketones is 1. The van der Waals surface area contributed by atoms with Crippen molar-refractivity contribution in [3.8, 4) is 0 Å². The minimum Gasteiger partial charge on any atom is -0.462 e. The van der Waals surface area contributed by atoms with E-state index in [2.05, 4.69) is 9.97 Å². The smallest absolute Gasteiger partial charge is 0.341 e. The first-order valence-electron chi connectivity index (χ1n) is 6.19. The SMILES string of the molecule is CC(=O)c1ccc(CCOC(=O)c2cncnc2)cc1. The molecule has 0 saturated heterocycles. The summed E-state index contributed by atoms with van der Waals surface area (Å²) in [6.07, 6.45) is 4.78. The molecule has 5 nitrogen and oxygen atoms in total. The minimum atomic E-state index is -0.439. The first-order valence-corrected chi connectivity index (χ1v) is 6.19. The van der Waals surface area contributed by atoms with E-state index >= 15 is 0 Å². The fraction of sp³-hybridized carbons (Fsp3) is 0.200. The second-order valence-electron chi connectivity index (χ2n) is 4.27. The second-order valence-corrected chi connectivity index (χ2v) is 4.27. The third-order valence-corrected chi connectivity index (χ3v) is 2.78. The number of carbonyl (C=O) groups excluding carboxylic acids is 2. The average molecular weight is 270 g/mol. The molecule has 2 rings (SSSR count). The summed E-state index contributed by atoms with van der Waals surface area (Å²) < 4.78 is 5.12. The Morgan fingerprint density at radius 2 is 1.70 bits per heavy atom. The highest BCUT2D eigenvalue weighted by molar-refractivity contribution is 5.94. The lowest BCUT2D eigenvalue weighted by Crippen LogP contribution is -2.08. The molecule has 0 fully saturated rings. The van der Waals surface area contributed by atoms with Crippen LogP contribution in [0.15, 0.2) is 43.0 Å². The van der Waals surface area contributed by atoms with E-state index < -0.39 is 5.97 Å². The van der Waals surface area contributed by atoms with E-state index in [0.717, 1.165) is 5.56 Å². The highest BCUT2D eigenvalue weighted by Crippen LogP contribution is 2.06. The van der Waals surface area contributed by atoms with Crippen LogP contribution >= 0.6 is 0 Å². The van der Waals surface area contributed by atoms with Gasteiger partial charge in [-0.15, -0.1) is 0 Å². The highest BCUT2D eigenvalue weighted by atomic mass is 16.5. The van der Waals surface area contributed by atoms with Crippen molar-refractivity contribution in [2.24, 2.45) is 0 Å². The maximum absolute atomic E-state index is 11.6. The van der Waals surface area contributed by atoms with Crippen molar-refractivity contribution in [3.63, 3.8) is 0 Å². The Labute approximate surface area is 116 Å². The number of benzene rings is 1. The molecule has 20 heavy (non-hydrogen) atoms. The molecule has 0 amide bonds. The lowest BCUT2D eigenvalue weighted by Gasteiger charge is -2.05. The van der Waals surface area contributed by atoms with Crippen LogP contribution < -0.4 is 0 Å². The molecule has 0 aliphatic carbocycles. The molecule has 0 N–H and O–H groups in total. The van der Waals surface area contributed by atoms with Crippen molar-refractivity contribution in [2.45, 2.75) is 13.3 Å². The molecule has 1 aromatic carbocycles. The Balaban J connectivity index is 1.84. The van der Waals surface area contributed by atoms with Crippen LogP contribution in [-0.2, 0) is 11.2 Å². The molecule has 5 heteroatoms. The van der Waals surface area contributed by atoms with E-state index in [1.807, 2.05) is 12.1 Å². The first-order chi connectivity index (χ1) is 9.66. The summed E-state index contributed by atoms with van der Waals surface area (Å²) in [4.78, 5) is 30.3. The van der Waals surface area contributed by atoms with Crippen LogP contribution in [0.25, 0.3) is 0 Å². The highest BCUT2D eigenvalue weighted by Gasteiger charge is 2.07.